The second-order valence-corrected chi connectivity index (χ2v) is 1.94. The molecule has 0 N–H and O–H groups in total. The minimum atomic E-state index is 0.621. The van der Waals surface area contributed by atoms with E-state index in [1.807, 2.05) is 0 Å². The van der Waals surface area contributed by atoms with E-state index in [2.05, 4.69) is 13.3 Å². The molecule has 0 saturated carbocycles. The van der Waals surface area contributed by atoms with Crippen molar-refractivity contribution in [1.82, 2.24) is 0 Å². The Kier molecular flexibility index (Phi) is 1.69. The molecule has 1 nitrogen and oxygen atoms in total. The van der Waals surface area contributed by atoms with Crippen LogP contribution in [0.25, 0.3) is 0 Å². The van der Waals surface area contributed by atoms with Gasteiger partial charge in [-0.2, -0.15) is 0 Å². The van der Waals surface area contributed by atoms with E-state index in [1.165, 1.54) is 12.8 Å². The van der Waals surface area contributed by atoms with Gasteiger partial charge in [0.05, 0.1) is 12.7 Å². The van der Waals surface area contributed by atoms with Crippen LogP contribution in [0, 0.1) is 6.42 Å². The first-order valence-corrected chi connectivity index (χ1v) is 2.83. The van der Waals surface area contributed by atoms with Crippen LogP contribution < -0.4 is 0 Å². The van der Waals surface area contributed by atoms with E-state index in [0.29, 0.717) is 6.10 Å². The standard InChI is InChI=1S/C6H11O/c1-2-3-4-6-5-7-6/h2,6H,3-5H2,1H3. The quantitative estimate of drug-likeness (QED) is 0.487. The normalized spacial score (nSPS) is 27.9. The molecule has 1 saturated heterocycles. The largest absolute Gasteiger partial charge is 0.373 e. The van der Waals surface area contributed by atoms with Crippen LogP contribution in [0.5, 0.6) is 0 Å². The van der Waals surface area contributed by atoms with Crippen LogP contribution in [0.4, 0.5) is 0 Å². The molecule has 7 heavy (non-hydrogen) atoms. The van der Waals surface area contributed by atoms with Crippen molar-refractivity contribution in [3.05, 3.63) is 6.42 Å². The van der Waals surface area contributed by atoms with Crippen molar-refractivity contribution in [2.24, 2.45) is 0 Å². The maximum absolute atomic E-state index is 4.99. The molecule has 0 bridgehead atoms. The van der Waals surface area contributed by atoms with E-state index in [9.17, 15) is 0 Å². The van der Waals surface area contributed by atoms with Crippen molar-refractivity contribution in [2.75, 3.05) is 6.61 Å². The summed E-state index contributed by atoms with van der Waals surface area (Å²) in [6.45, 7) is 3.09. The minimum Gasteiger partial charge on any atom is -0.373 e. The highest BCUT2D eigenvalue weighted by Gasteiger charge is 2.20. The second-order valence-electron chi connectivity index (χ2n) is 1.94. The summed E-state index contributed by atoms with van der Waals surface area (Å²) in [5, 5.41) is 0. The maximum atomic E-state index is 4.99. The molecule has 0 aromatic rings. The fourth-order valence-electron chi connectivity index (χ4n) is 0.587. The molecule has 1 heterocycles. The van der Waals surface area contributed by atoms with Crippen LogP contribution >= 0.6 is 0 Å². The van der Waals surface area contributed by atoms with Gasteiger partial charge in [-0.15, -0.1) is 0 Å². The van der Waals surface area contributed by atoms with Gasteiger partial charge in [0.15, 0.2) is 0 Å². The molecule has 0 aromatic heterocycles. The number of ether oxygens (including phenoxy) is 1. The van der Waals surface area contributed by atoms with Crippen LogP contribution in [-0.2, 0) is 4.74 Å². The lowest BCUT2D eigenvalue weighted by molar-refractivity contribution is 0.396. The Morgan fingerprint density at radius 3 is 3.00 bits per heavy atom. The Hall–Kier alpha value is -0.0400. The summed E-state index contributed by atoms with van der Waals surface area (Å²) in [4.78, 5) is 0. The number of hydrogen-bond donors (Lipinski definition) is 0. The molecular formula is C6H11O. The third kappa shape index (κ3) is 1.93. The molecule has 41 valence electrons. The summed E-state index contributed by atoms with van der Waals surface area (Å²) >= 11 is 0. The molecule has 1 aliphatic rings. The molecule has 0 aliphatic carbocycles. The lowest BCUT2D eigenvalue weighted by Crippen LogP contribution is -1.82. The van der Waals surface area contributed by atoms with Crippen molar-refractivity contribution in [1.29, 1.82) is 0 Å². The highest BCUT2D eigenvalue weighted by molar-refractivity contribution is 4.71. The van der Waals surface area contributed by atoms with E-state index in [-0.39, 0.29) is 0 Å². The topological polar surface area (TPSA) is 12.5 Å². The summed E-state index contributed by atoms with van der Waals surface area (Å²) in [6.07, 6.45) is 5.25. The monoisotopic (exact) mass is 99.1 g/mol. The fourth-order valence-corrected chi connectivity index (χ4v) is 0.587. The summed E-state index contributed by atoms with van der Waals surface area (Å²) in [5.41, 5.74) is 0. The molecule has 1 aliphatic heterocycles. The lowest BCUT2D eigenvalue weighted by Gasteiger charge is -1.86. The molecule has 1 heteroatoms. The van der Waals surface area contributed by atoms with Gasteiger partial charge >= 0.3 is 0 Å². The van der Waals surface area contributed by atoms with Crippen LogP contribution in [-0.4, -0.2) is 12.7 Å². The highest BCUT2D eigenvalue weighted by atomic mass is 16.6. The first kappa shape index (κ1) is 5.10. The van der Waals surface area contributed by atoms with Crippen molar-refractivity contribution in [3.63, 3.8) is 0 Å². The van der Waals surface area contributed by atoms with Crippen LogP contribution in [0.1, 0.15) is 19.8 Å². The molecular weight excluding hydrogens is 88.1 g/mol. The molecule has 0 aromatic carbocycles. The molecule has 1 unspecified atom stereocenters. The third-order valence-electron chi connectivity index (χ3n) is 1.18. The molecule has 0 spiro atoms. The predicted octanol–water partition coefficient (Wildman–Crippen LogP) is 1.39. The second kappa shape index (κ2) is 2.31. The van der Waals surface area contributed by atoms with E-state index in [4.69, 9.17) is 4.74 Å². The van der Waals surface area contributed by atoms with E-state index < -0.39 is 0 Å². The number of epoxide rings is 1. The third-order valence-corrected chi connectivity index (χ3v) is 1.18. The van der Waals surface area contributed by atoms with Gasteiger partial charge in [0.2, 0.25) is 0 Å². The predicted molar refractivity (Wildman–Crippen MR) is 28.9 cm³/mol. The maximum Gasteiger partial charge on any atom is 0.0810 e. The van der Waals surface area contributed by atoms with Crippen molar-refractivity contribution >= 4 is 0 Å². The van der Waals surface area contributed by atoms with Gasteiger partial charge < -0.3 is 4.74 Å². The van der Waals surface area contributed by atoms with Crippen LogP contribution in [0.15, 0.2) is 0 Å². The molecule has 1 fully saturated rings. The highest BCUT2D eigenvalue weighted by Crippen LogP contribution is 2.15. The first-order valence-electron chi connectivity index (χ1n) is 2.83. The minimum absolute atomic E-state index is 0.621. The number of rotatable bonds is 3. The SMILES string of the molecule is C[CH]CCC1CO1. The summed E-state index contributed by atoms with van der Waals surface area (Å²) in [7, 11) is 0. The van der Waals surface area contributed by atoms with Crippen molar-refractivity contribution in [2.45, 2.75) is 25.9 Å². The molecule has 1 radical (unpaired) electrons. The average Bonchev–Trinajstić information content (AvgIpc) is 2.42. The fraction of sp³-hybridized carbons (Fsp3) is 0.833. The molecule has 0 amide bonds. The molecule has 1 rings (SSSR count). The van der Waals surface area contributed by atoms with Gasteiger partial charge in [0.1, 0.15) is 0 Å². The molecule has 1 atom stereocenters. The van der Waals surface area contributed by atoms with Gasteiger partial charge in [-0.1, -0.05) is 6.92 Å². The van der Waals surface area contributed by atoms with Gasteiger partial charge in [-0.3, -0.25) is 0 Å². The summed E-state index contributed by atoms with van der Waals surface area (Å²) in [6, 6.07) is 0. The van der Waals surface area contributed by atoms with Gasteiger partial charge in [-0.25, -0.2) is 0 Å². The summed E-state index contributed by atoms with van der Waals surface area (Å²) < 4.78 is 4.99. The van der Waals surface area contributed by atoms with E-state index in [1.54, 1.807) is 0 Å². The Bertz CT molecular complexity index is 48.1. The lowest BCUT2D eigenvalue weighted by atomic mass is 10.2. The average molecular weight is 99.2 g/mol. The zero-order valence-electron chi connectivity index (χ0n) is 4.68. The Morgan fingerprint density at radius 1 is 1.86 bits per heavy atom. The zero-order valence-corrected chi connectivity index (χ0v) is 4.68. The van der Waals surface area contributed by atoms with Crippen molar-refractivity contribution in [3.8, 4) is 0 Å². The zero-order chi connectivity index (χ0) is 5.11. The summed E-state index contributed by atoms with van der Waals surface area (Å²) in [5.74, 6) is 0. The van der Waals surface area contributed by atoms with Crippen LogP contribution in [0.3, 0.4) is 0 Å². The van der Waals surface area contributed by atoms with Gasteiger partial charge in [0, 0.05) is 0 Å². The first-order chi connectivity index (χ1) is 3.43. The Labute approximate surface area is 44.7 Å². The Balaban J connectivity index is 1.80. The van der Waals surface area contributed by atoms with Crippen molar-refractivity contribution < 1.29 is 4.74 Å². The number of unbranched alkanes of at least 4 members (excludes halogenated alkanes) is 1. The Morgan fingerprint density at radius 2 is 2.57 bits per heavy atom. The van der Waals surface area contributed by atoms with E-state index in [0.717, 1.165) is 6.61 Å². The van der Waals surface area contributed by atoms with Gasteiger partial charge in [-0.05, 0) is 19.3 Å². The van der Waals surface area contributed by atoms with Gasteiger partial charge in [0.25, 0.3) is 0 Å². The smallest absolute Gasteiger partial charge is 0.0810 e. The van der Waals surface area contributed by atoms with E-state index >= 15 is 0 Å². The van der Waals surface area contributed by atoms with Crippen LogP contribution in [0.2, 0.25) is 0 Å². The number of hydrogen-bond acceptors (Lipinski definition) is 1.